The van der Waals surface area contributed by atoms with Crippen molar-refractivity contribution in [1.82, 2.24) is 4.98 Å². The summed E-state index contributed by atoms with van der Waals surface area (Å²) in [6, 6.07) is 6.87. The summed E-state index contributed by atoms with van der Waals surface area (Å²) >= 11 is 1.27. The average molecular weight is 435 g/mol. The number of ether oxygens (including phenoxy) is 4. The van der Waals surface area contributed by atoms with Crippen molar-refractivity contribution in [3.63, 3.8) is 0 Å². The van der Waals surface area contributed by atoms with E-state index in [1.54, 1.807) is 30.5 Å². The molecule has 1 fully saturated rings. The lowest BCUT2D eigenvalue weighted by molar-refractivity contribution is -0.186. The van der Waals surface area contributed by atoms with Crippen molar-refractivity contribution in [2.24, 2.45) is 0 Å². The number of aromatic nitrogens is 1. The fraction of sp³-hybridized carbons (Fsp3) is 0.400. The van der Waals surface area contributed by atoms with Crippen molar-refractivity contribution >= 4 is 29.7 Å². The van der Waals surface area contributed by atoms with E-state index >= 15 is 0 Å². The first kappa shape index (κ1) is 21.7. The smallest absolute Gasteiger partial charge is 0.303 e. The summed E-state index contributed by atoms with van der Waals surface area (Å²) in [6.45, 7) is 3.72. The molecule has 30 heavy (non-hydrogen) atoms. The third kappa shape index (κ3) is 5.32. The number of esters is 3. The van der Waals surface area contributed by atoms with Gasteiger partial charge >= 0.3 is 17.9 Å². The predicted molar refractivity (Wildman–Crippen MR) is 105 cm³/mol. The van der Waals surface area contributed by atoms with E-state index in [1.165, 1.54) is 38.8 Å². The molecular weight excluding hydrogens is 414 g/mol. The molecule has 0 amide bonds. The van der Waals surface area contributed by atoms with Gasteiger partial charge in [0.15, 0.2) is 35.3 Å². The summed E-state index contributed by atoms with van der Waals surface area (Å²) in [5.74, 6) is -0.550. The van der Waals surface area contributed by atoms with E-state index in [4.69, 9.17) is 23.4 Å². The van der Waals surface area contributed by atoms with Crippen LogP contribution in [0.15, 0.2) is 41.1 Å². The predicted octanol–water partition coefficient (Wildman–Crippen LogP) is 2.59. The highest BCUT2D eigenvalue weighted by Crippen LogP contribution is 2.36. The minimum atomic E-state index is -1.02. The molecule has 0 aromatic carbocycles. The van der Waals surface area contributed by atoms with Crippen LogP contribution < -0.4 is 4.74 Å². The fourth-order valence-corrected chi connectivity index (χ4v) is 4.23. The molecule has 0 aliphatic carbocycles. The molecule has 0 unspecified atom stereocenters. The number of furan rings is 1. The zero-order valence-electron chi connectivity index (χ0n) is 16.6. The van der Waals surface area contributed by atoms with Gasteiger partial charge in [-0.2, -0.15) is 0 Å². The number of nitrogens with zero attached hydrogens (tertiary/aromatic N) is 1. The van der Waals surface area contributed by atoms with Crippen LogP contribution in [-0.4, -0.2) is 52.4 Å². The molecule has 10 heteroatoms. The SMILES string of the molecule is CC(=O)O[C@@H]1[C@@H](OC(C)=O)[C@H](OC(C)=O)CS[C@H]1Oc1cccnc1-c1ccco1. The quantitative estimate of drug-likeness (QED) is 0.495. The Morgan fingerprint density at radius 3 is 2.33 bits per heavy atom. The number of carbonyl (C=O) groups is 3. The van der Waals surface area contributed by atoms with Crippen molar-refractivity contribution in [3.05, 3.63) is 36.7 Å². The molecule has 1 aliphatic rings. The topological polar surface area (TPSA) is 114 Å². The van der Waals surface area contributed by atoms with Crippen molar-refractivity contribution in [2.45, 2.75) is 44.5 Å². The van der Waals surface area contributed by atoms with Crippen LogP contribution in [0.2, 0.25) is 0 Å². The van der Waals surface area contributed by atoms with Crippen molar-refractivity contribution in [1.29, 1.82) is 0 Å². The van der Waals surface area contributed by atoms with Gasteiger partial charge in [-0.1, -0.05) is 0 Å². The Labute approximate surface area is 177 Å². The lowest BCUT2D eigenvalue weighted by atomic mass is 10.1. The van der Waals surface area contributed by atoms with Gasteiger partial charge in [0.2, 0.25) is 0 Å². The summed E-state index contributed by atoms with van der Waals surface area (Å²) in [5, 5.41) is 0. The lowest BCUT2D eigenvalue weighted by Crippen LogP contribution is -2.55. The Balaban J connectivity index is 1.91. The Bertz CT molecular complexity index is 900. The normalized spacial score (nSPS) is 23.3. The van der Waals surface area contributed by atoms with Crippen LogP contribution in [0.3, 0.4) is 0 Å². The summed E-state index contributed by atoms with van der Waals surface area (Å²) in [7, 11) is 0. The van der Waals surface area contributed by atoms with Gasteiger partial charge < -0.3 is 23.4 Å². The van der Waals surface area contributed by atoms with Gasteiger partial charge in [0, 0.05) is 32.7 Å². The van der Waals surface area contributed by atoms with E-state index < -0.39 is 41.7 Å². The fourth-order valence-electron chi connectivity index (χ4n) is 3.02. The Morgan fingerprint density at radius 2 is 1.70 bits per heavy atom. The second-order valence-electron chi connectivity index (χ2n) is 6.44. The van der Waals surface area contributed by atoms with Crippen LogP contribution >= 0.6 is 11.8 Å². The van der Waals surface area contributed by atoms with Gasteiger partial charge in [-0.25, -0.2) is 4.98 Å². The van der Waals surface area contributed by atoms with Crippen LogP contribution in [-0.2, 0) is 28.6 Å². The molecule has 0 radical (unpaired) electrons. The maximum absolute atomic E-state index is 11.8. The lowest BCUT2D eigenvalue weighted by Gasteiger charge is -2.40. The van der Waals surface area contributed by atoms with Gasteiger partial charge in [0.05, 0.1) is 6.26 Å². The molecule has 9 nitrogen and oxygen atoms in total. The molecule has 0 spiro atoms. The Hall–Kier alpha value is -3.01. The van der Waals surface area contributed by atoms with Gasteiger partial charge in [-0.15, -0.1) is 11.8 Å². The summed E-state index contributed by atoms with van der Waals surface area (Å²) < 4.78 is 27.6. The molecular formula is C20H21NO8S. The number of carbonyl (C=O) groups excluding carboxylic acids is 3. The molecule has 3 heterocycles. The number of rotatable bonds is 6. The van der Waals surface area contributed by atoms with E-state index in [9.17, 15) is 14.4 Å². The molecule has 1 aliphatic heterocycles. The van der Waals surface area contributed by atoms with Gasteiger partial charge in [-0.05, 0) is 24.3 Å². The molecule has 2 aromatic rings. The molecule has 0 N–H and O–H groups in total. The third-order valence-electron chi connectivity index (χ3n) is 4.07. The first-order chi connectivity index (χ1) is 14.3. The third-order valence-corrected chi connectivity index (χ3v) is 5.29. The number of thioether (sulfide) groups is 1. The second kappa shape index (κ2) is 9.66. The molecule has 1 saturated heterocycles. The van der Waals surface area contributed by atoms with Gasteiger partial charge in [0.1, 0.15) is 5.69 Å². The summed E-state index contributed by atoms with van der Waals surface area (Å²) in [6.07, 6.45) is 0.287. The Kier molecular flexibility index (Phi) is 6.99. The van der Waals surface area contributed by atoms with E-state index in [0.717, 1.165) is 0 Å². The van der Waals surface area contributed by atoms with Gasteiger partial charge in [-0.3, -0.25) is 14.4 Å². The number of hydrogen-bond acceptors (Lipinski definition) is 10. The number of hydrogen-bond donors (Lipinski definition) is 0. The highest BCUT2D eigenvalue weighted by molar-refractivity contribution is 7.99. The molecule has 160 valence electrons. The van der Waals surface area contributed by atoms with Crippen LogP contribution in [0.25, 0.3) is 11.5 Å². The van der Waals surface area contributed by atoms with E-state index in [0.29, 0.717) is 17.2 Å². The van der Waals surface area contributed by atoms with E-state index in [-0.39, 0.29) is 5.75 Å². The zero-order valence-corrected chi connectivity index (χ0v) is 17.4. The Morgan fingerprint density at radius 1 is 1.00 bits per heavy atom. The maximum Gasteiger partial charge on any atom is 0.303 e. The molecule has 4 atom stereocenters. The summed E-state index contributed by atoms with van der Waals surface area (Å²) in [5.41, 5.74) is -0.279. The van der Waals surface area contributed by atoms with Crippen LogP contribution in [0.4, 0.5) is 0 Å². The standard InChI is InChI=1S/C20H21NO8S/c1-11(22)26-16-10-30-20(19(28-13(3)24)18(16)27-12(2)23)29-15-6-4-8-21-17(15)14-7-5-9-25-14/h4-9,16,18-20H,10H2,1-3H3/t16-,18+,19-,20-/m1/s1. The van der Waals surface area contributed by atoms with Crippen LogP contribution in [0.5, 0.6) is 5.75 Å². The molecule has 2 aromatic heterocycles. The van der Waals surface area contributed by atoms with E-state index in [2.05, 4.69) is 4.98 Å². The minimum Gasteiger partial charge on any atom is -0.473 e. The van der Waals surface area contributed by atoms with Crippen LogP contribution in [0, 0.1) is 0 Å². The monoisotopic (exact) mass is 435 g/mol. The first-order valence-corrected chi connectivity index (χ1v) is 10.2. The average Bonchev–Trinajstić information content (AvgIpc) is 3.20. The van der Waals surface area contributed by atoms with Crippen molar-refractivity contribution < 1.29 is 37.7 Å². The first-order valence-electron chi connectivity index (χ1n) is 9.14. The maximum atomic E-state index is 11.8. The zero-order chi connectivity index (χ0) is 21.7. The molecule has 0 bridgehead atoms. The summed E-state index contributed by atoms with van der Waals surface area (Å²) in [4.78, 5) is 39.2. The minimum absolute atomic E-state index is 0.274. The van der Waals surface area contributed by atoms with Crippen molar-refractivity contribution in [3.8, 4) is 17.2 Å². The van der Waals surface area contributed by atoms with Crippen molar-refractivity contribution in [2.75, 3.05) is 5.75 Å². The molecule has 0 saturated carbocycles. The highest BCUT2D eigenvalue weighted by atomic mass is 32.2. The number of pyridine rings is 1. The molecule has 3 rings (SSSR count). The van der Waals surface area contributed by atoms with E-state index in [1.807, 2.05) is 0 Å². The second-order valence-corrected chi connectivity index (χ2v) is 7.57. The largest absolute Gasteiger partial charge is 0.473 e. The highest BCUT2D eigenvalue weighted by Gasteiger charge is 2.47. The van der Waals surface area contributed by atoms with Gasteiger partial charge in [0.25, 0.3) is 0 Å². The van der Waals surface area contributed by atoms with Crippen LogP contribution in [0.1, 0.15) is 20.8 Å².